The largest absolute Gasteiger partial charge is 0.392 e. The van der Waals surface area contributed by atoms with Gasteiger partial charge in [0, 0.05) is 22.7 Å². The second-order valence-corrected chi connectivity index (χ2v) is 9.12. The number of nitrogens with one attached hydrogen (secondary N) is 4. The summed E-state index contributed by atoms with van der Waals surface area (Å²) in [5.41, 5.74) is 15.7. The lowest BCUT2D eigenvalue weighted by Crippen LogP contribution is -2.54. The summed E-state index contributed by atoms with van der Waals surface area (Å²) in [7, 11) is 0. The molecule has 13 heteroatoms. The molecule has 5 amide bonds. The number of primary amides is 1. The predicted molar refractivity (Wildman–Crippen MR) is 145 cm³/mol. The topological polar surface area (TPSA) is 211 Å². The lowest BCUT2D eigenvalue weighted by Gasteiger charge is -2.25. The number of rotatable bonds is 14. The summed E-state index contributed by atoms with van der Waals surface area (Å²) in [4.78, 5) is 52.9. The number of hydrogen-bond donors (Lipinski definition) is 6. The zero-order valence-corrected chi connectivity index (χ0v) is 21.9. The monoisotopic (exact) mass is 538 g/mol. The number of amides is 5. The molecule has 0 saturated carbocycles. The van der Waals surface area contributed by atoms with Gasteiger partial charge in [-0.15, -0.1) is 0 Å². The summed E-state index contributed by atoms with van der Waals surface area (Å²) < 4.78 is 0. The van der Waals surface area contributed by atoms with Crippen molar-refractivity contribution >= 4 is 29.4 Å². The molecule has 0 aromatic heterocycles. The smallest absolute Gasteiger partial charge is 0.312 e. The summed E-state index contributed by atoms with van der Waals surface area (Å²) in [6, 6.07) is 10.4. The van der Waals surface area contributed by atoms with Crippen LogP contribution in [0.15, 0.2) is 53.6 Å². The number of benzene rings is 2. The number of urea groups is 1. The first kappa shape index (κ1) is 30.6. The van der Waals surface area contributed by atoms with Crippen molar-refractivity contribution in [3.05, 3.63) is 75.7 Å². The highest BCUT2D eigenvalue weighted by molar-refractivity contribution is 6.00. The number of aliphatic hydroxyl groups excluding tert-OH is 1. The Balaban J connectivity index is 2.12. The van der Waals surface area contributed by atoms with Crippen LogP contribution in [-0.2, 0) is 22.7 Å². The van der Waals surface area contributed by atoms with Crippen LogP contribution in [0, 0.1) is 5.92 Å². The van der Waals surface area contributed by atoms with Gasteiger partial charge in [0.05, 0.1) is 13.2 Å². The molecule has 0 aliphatic carbocycles. The Morgan fingerprint density at radius 1 is 0.974 bits per heavy atom. The SMILES string of the molecule is CC(C)[C@H](NC(=O)c1ccc(CN=[N+]=[N-])cc1)C(=O)N[C@@H](CCCNC(N)=O)C(=O)Nc1ccc(CO)cc1. The summed E-state index contributed by atoms with van der Waals surface area (Å²) in [5, 5.41) is 23.3. The molecule has 0 unspecified atom stereocenters. The minimum Gasteiger partial charge on any atom is -0.392 e. The van der Waals surface area contributed by atoms with Gasteiger partial charge in [0.1, 0.15) is 12.1 Å². The standard InChI is InChI=1S/C26H34N8O5/c1-16(2)22(33-23(36)19-9-5-17(6-10-19)14-30-34-28)25(38)32-21(4-3-13-29-26(27)39)24(37)31-20-11-7-18(15-35)8-12-20/h5-12,16,21-22,35H,3-4,13-15H2,1-2H3,(H,31,37)(H,32,38)(H,33,36)(H3,27,29,39)/t21-,22-/m0/s1. The predicted octanol–water partition coefficient (Wildman–Crippen LogP) is 2.32. The fraction of sp³-hybridized carbons (Fsp3) is 0.385. The first-order valence-corrected chi connectivity index (χ1v) is 12.4. The maximum Gasteiger partial charge on any atom is 0.312 e. The van der Waals surface area contributed by atoms with Crippen molar-refractivity contribution in [2.24, 2.45) is 16.8 Å². The second-order valence-electron chi connectivity index (χ2n) is 9.12. The zero-order chi connectivity index (χ0) is 28.8. The van der Waals surface area contributed by atoms with Gasteiger partial charge < -0.3 is 32.1 Å². The van der Waals surface area contributed by atoms with Crippen molar-refractivity contribution < 1.29 is 24.3 Å². The highest BCUT2D eigenvalue weighted by atomic mass is 16.3. The third kappa shape index (κ3) is 10.3. The number of nitrogens with two attached hydrogens (primary N) is 1. The molecule has 0 aliphatic heterocycles. The van der Waals surface area contributed by atoms with E-state index in [9.17, 15) is 24.3 Å². The molecular weight excluding hydrogens is 504 g/mol. The summed E-state index contributed by atoms with van der Waals surface area (Å²) in [5.74, 6) is -1.81. The van der Waals surface area contributed by atoms with E-state index in [1.54, 1.807) is 62.4 Å². The van der Waals surface area contributed by atoms with Crippen LogP contribution in [0.4, 0.5) is 10.5 Å². The Hall–Kier alpha value is -4.61. The van der Waals surface area contributed by atoms with Crippen LogP contribution in [0.1, 0.15) is 48.2 Å². The van der Waals surface area contributed by atoms with E-state index < -0.39 is 35.8 Å². The Morgan fingerprint density at radius 2 is 1.62 bits per heavy atom. The van der Waals surface area contributed by atoms with Gasteiger partial charge in [0.15, 0.2) is 0 Å². The molecule has 0 bridgehead atoms. The van der Waals surface area contributed by atoms with Gasteiger partial charge in [0.2, 0.25) is 11.8 Å². The lowest BCUT2D eigenvalue weighted by atomic mass is 10.0. The van der Waals surface area contributed by atoms with Crippen molar-refractivity contribution in [2.75, 3.05) is 11.9 Å². The number of hydrogen-bond acceptors (Lipinski definition) is 6. The van der Waals surface area contributed by atoms with Crippen molar-refractivity contribution in [2.45, 2.75) is 51.9 Å². The number of carbonyl (C=O) groups excluding carboxylic acids is 4. The molecule has 13 nitrogen and oxygen atoms in total. The van der Waals surface area contributed by atoms with E-state index in [0.717, 1.165) is 5.56 Å². The van der Waals surface area contributed by atoms with Crippen LogP contribution >= 0.6 is 0 Å². The number of azide groups is 1. The number of anilines is 1. The molecule has 2 aromatic carbocycles. The molecule has 2 aromatic rings. The Bertz CT molecular complexity index is 1180. The fourth-order valence-electron chi connectivity index (χ4n) is 3.61. The van der Waals surface area contributed by atoms with E-state index in [4.69, 9.17) is 11.3 Å². The van der Waals surface area contributed by atoms with E-state index in [1.807, 2.05) is 0 Å². The molecular formula is C26H34N8O5. The Morgan fingerprint density at radius 3 is 2.18 bits per heavy atom. The van der Waals surface area contributed by atoms with E-state index in [-0.39, 0.29) is 32.0 Å². The molecule has 0 radical (unpaired) electrons. The average molecular weight is 539 g/mol. The molecule has 2 rings (SSSR count). The maximum atomic E-state index is 13.2. The molecule has 208 valence electrons. The van der Waals surface area contributed by atoms with Gasteiger partial charge in [-0.1, -0.05) is 43.2 Å². The van der Waals surface area contributed by atoms with Gasteiger partial charge in [-0.3, -0.25) is 14.4 Å². The lowest BCUT2D eigenvalue weighted by molar-refractivity contribution is -0.128. The van der Waals surface area contributed by atoms with Crippen molar-refractivity contribution in [3.63, 3.8) is 0 Å². The highest BCUT2D eigenvalue weighted by Gasteiger charge is 2.29. The van der Waals surface area contributed by atoms with Crippen LogP contribution in [0.2, 0.25) is 0 Å². The highest BCUT2D eigenvalue weighted by Crippen LogP contribution is 2.13. The van der Waals surface area contributed by atoms with E-state index in [0.29, 0.717) is 23.2 Å². The quantitative estimate of drug-likeness (QED) is 0.0922. The average Bonchev–Trinajstić information content (AvgIpc) is 2.92. The van der Waals surface area contributed by atoms with Crippen molar-refractivity contribution in [3.8, 4) is 0 Å². The molecule has 0 spiro atoms. The minimum absolute atomic E-state index is 0.137. The van der Waals surface area contributed by atoms with Gasteiger partial charge in [-0.2, -0.15) is 0 Å². The first-order chi connectivity index (χ1) is 18.6. The molecule has 2 atom stereocenters. The zero-order valence-electron chi connectivity index (χ0n) is 21.9. The van der Waals surface area contributed by atoms with Crippen molar-refractivity contribution in [1.29, 1.82) is 0 Å². The van der Waals surface area contributed by atoms with Crippen LogP contribution in [0.3, 0.4) is 0 Å². The molecule has 7 N–H and O–H groups in total. The molecule has 0 heterocycles. The maximum absolute atomic E-state index is 13.2. The van der Waals surface area contributed by atoms with Crippen LogP contribution < -0.4 is 27.0 Å². The van der Waals surface area contributed by atoms with Gasteiger partial charge in [-0.05, 0) is 59.7 Å². The normalized spacial score (nSPS) is 12.0. The van der Waals surface area contributed by atoms with Crippen LogP contribution in [0.25, 0.3) is 10.4 Å². The van der Waals surface area contributed by atoms with Crippen LogP contribution in [0.5, 0.6) is 0 Å². The first-order valence-electron chi connectivity index (χ1n) is 12.4. The van der Waals surface area contributed by atoms with E-state index in [1.165, 1.54) is 0 Å². The molecule has 0 aliphatic rings. The van der Waals surface area contributed by atoms with E-state index >= 15 is 0 Å². The Labute approximate surface area is 226 Å². The number of aliphatic hydroxyl groups is 1. The van der Waals surface area contributed by atoms with Gasteiger partial charge in [-0.25, -0.2) is 4.79 Å². The molecule has 0 fully saturated rings. The Kier molecular flexibility index (Phi) is 12.2. The molecule has 0 saturated heterocycles. The fourth-order valence-corrected chi connectivity index (χ4v) is 3.61. The van der Waals surface area contributed by atoms with Crippen molar-refractivity contribution in [1.82, 2.24) is 16.0 Å². The summed E-state index contributed by atoms with van der Waals surface area (Å²) in [6.45, 7) is 3.76. The third-order valence-corrected chi connectivity index (χ3v) is 5.77. The molecule has 39 heavy (non-hydrogen) atoms. The number of nitrogens with zero attached hydrogens (tertiary/aromatic N) is 3. The second kappa shape index (κ2) is 15.6. The van der Waals surface area contributed by atoms with Gasteiger partial charge in [0.25, 0.3) is 5.91 Å². The summed E-state index contributed by atoms with van der Waals surface area (Å²) >= 11 is 0. The minimum atomic E-state index is -0.970. The van der Waals surface area contributed by atoms with Crippen LogP contribution in [-0.4, -0.2) is 47.5 Å². The van der Waals surface area contributed by atoms with E-state index in [2.05, 4.69) is 31.3 Å². The number of carbonyl (C=O) groups is 4. The third-order valence-electron chi connectivity index (χ3n) is 5.77. The van der Waals surface area contributed by atoms with Gasteiger partial charge >= 0.3 is 6.03 Å². The summed E-state index contributed by atoms with van der Waals surface area (Å²) in [6.07, 6.45) is 0.545.